The van der Waals surface area contributed by atoms with Crippen LogP contribution in [0.25, 0.3) is 0 Å². The SMILES string of the molecule is O=C(Nc1ccc(N2CCN(Cc3ccccc3)CC2)cc1)c1ccc(Br)cc1F. The van der Waals surface area contributed by atoms with Gasteiger partial charge in [-0.1, -0.05) is 46.3 Å². The van der Waals surface area contributed by atoms with Crippen molar-refractivity contribution in [2.24, 2.45) is 0 Å². The molecule has 0 spiro atoms. The molecule has 154 valence electrons. The Bertz CT molecular complexity index is 1000. The highest BCUT2D eigenvalue weighted by Crippen LogP contribution is 2.22. The number of piperazine rings is 1. The quantitative estimate of drug-likeness (QED) is 0.562. The number of hydrogen-bond donors (Lipinski definition) is 1. The molecule has 4 nitrogen and oxygen atoms in total. The van der Waals surface area contributed by atoms with E-state index in [0.717, 1.165) is 38.4 Å². The zero-order valence-corrected chi connectivity index (χ0v) is 18.1. The molecule has 4 rings (SSSR count). The molecule has 3 aromatic rings. The van der Waals surface area contributed by atoms with Gasteiger partial charge in [-0.3, -0.25) is 9.69 Å². The second-order valence-electron chi connectivity index (χ2n) is 7.37. The Morgan fingerprint density at radius 2 is 1.63 bits per heavy atom. The first-order chi connectivity index (χ1) is 14.6. The maximum absolute atomic E-state index is 14.0. The van der Waals surface area contributed by atoms with Crippen LogP contribution in [0.3, 0.4) is 0 Å². The molecule has 6 heteroatoms. The summed E-state index contributed by atoms with van der Waals surface area (Å²) in [7, 11) is 0. The van der Waals surface area contributed by atoms with Crippen LogP contribution in [0.1, 0.15) is 15.9 Å². The Morgan fingerprint density at radius 3 is 2.30 bits per heavy atom. The Hall–Kier alpha value is -2.70. The number of carbonyl (C=O) groups excluding carboxylic acids is 1. The molecule has 1 aliphatic rings. The number of halogens is 2. The average Bonchev–Trinajstić information content (AvgIpc) is 2.75. The van der Waals surface area contributed by atoms with Crippen LogP contribution >= 0.6 is 15.9 Å². The molecule has 1 heterocycles. The van der Waals surface area contributed by atoms with Crippen molar-refractivity contribution >= 4 is 33.2 Å². The zero-order chi connectivity index (χ0) is 20.9. The molecular formula is C24H23BrFN3O. The van der Waals surface area contributed by atoms with E-state index in [-0.39, 0.29) is 5.56 Å². The summed E-state index contributed by atoms with van der Waals surface area (Å²) in [5.41, 5.74) is 3.14. The average molecular weight is 468 g/mol. The van der Waals surface area contributed by atoms with Crippen LogP contribution in [-0.4, -0.2) is 37.0 Å². The molecule has 0 aliphatic carbocycles. The topological polar surface area (TPSA) is 35.6 Å². The molecule has 30 heavy (non-hydrogen) atoms. The van der Waals surface area contributed by atoms with Gasteiger partial charge < -0.3 is 10.2 Å². The Balaban J connectivity index is 1.32. The van der Waals surface area contributed by atoms with E-state index >= 15 is 0 Å². The molecule has 1 fully saturated rings. The van der Waals surface area contributed by atoms with Crippen molar-refractivity contribution in [1.82, 2.24) is 4.90 Å². The molecule has 0 bridgehead atoms. The van der Waals surface area contributed by atoms with Crippen molar-refractivity contribution in [3.8, 4) is 0 Å². The summed E-state index contributed by atoms with van der Waals surface area (Å²) in [5.74, 6) is -1.01. The molecule has 1 aliphatic heterocycles. The van der Waals surface area contributed by atoms with Crippen molar-refractivity contribution in [3.63, 3.8) is 0 Å². The van der Waals surface area contributed by atoms with Gasteiger partial charge in [-0.25, -0.2) is 4.39 Å². The fraction of sp³-hybridized carbons (Fsp3) is 0.208. The second kappa shape index (κ2) is 9.41. The summed E-state index contributed by atoms with van der Waals surface area (Å²) in [6.45, 7) is 4.92. The first-order valence-corrected chi connectivity index (χ1v) is 10.8. The molecule has 0 atom stereocenters. The van der Waals surface area contributed by atoms with Crippen molar-refractivity contribution in [1.29, 1.82) is 0 Å². The minimum absolute atomic E-state index is 0.0248. The largest absolute Gasteiger partial charge is 0.369 e. The van der Waals surface area contributed by atoms with Gasteiger partial charge in [0.15, 0.2) is 0 Å². The number of anilines is 2. The van der Waals surface area contributed by atoms with Gasteiger partial charge in [0.05, 0.1) is 5.56 Å². The Morgan fingerprint density at radius 1 is 0.933 bits per heavy atom. The molecule has 0 aromatic heterocycles. The maximum atomic E-state index is 14.0. The van der Waals surface area contributed by atoms with Gasteiger partial charge in [0.25, 0.3) is 5.91 Å². The number of amides is 1. The molecule has 0 unspecified atom stereocenters. The van der Waals surface area contributed by atoms with E-state index in [1.54, 1.807) is 6.07 Å². The molecule has 0 saturated carbocycles. The summed E-state index contributed by atoms with van der Waals surface area (Å²) in [6.07, 6.45) is 0. The van der Waals surface area contributed by atoms with Gasteiger partial charge in [-0.15, -0.1) is 0 Å². The predicted octanol–water partition coefficient (Wildman–Crippen LogP) is 5.16. The van der Waals surface area contributed by atoms with E-state index in [1.807, 2.05) is 30.3 Å². The summed E-state index contributed by atoms with van der Waals surface area (Å²) in [6, 6.07) is 22.7. The fourth-order valence-corrected chi connectivity index (χ4v) is 3.97. The minimum Gasteiger partial charge on any atom is -0.369 e. The predicted molar refractivity (Wildman–Crippen MR) is 122 cm³/mol. The van der Waals surface area contributed by atoms with Crippen molar-refractivity contribution < 1.29 is 9.18 Å². The molecule has 1 amide bonds. The lowest BCUT2D eigenvalue weighted by Crippen LogP contribution is -2.45. The molecule has 0 radical (unpaired) electrons. The number of rotatable bonds is 5. The van der Waals surface area contributed by atoms with Crippen LogP contribution in [0.15, 0.2) is 77.3 Å². The van der Waals surface area contributed by atoms with Crippen LogP contribution in [-0.2, 0) is 6.54 Å². The van der Waals surface area contributed by atoms with E-state index in [9.17, 15) is 9.18 Å². The number of carbonyl (C=O) groups is 1. The van der Waals surface area contributed by atoms with Crippen molar-refractivity contribution in [3.05, 3.63) is 94.2 Å². The van der Waals surface area contributed by atoms with Crippen LogP contribution in [0.4, 0.5) is 15.8 Å². The lowest BCUT2D eigenvalue weighted by atomic mass is 10.1. The highest BCUT2D eigenvalue weighted by atomic mass is 79.9. The third kappa shape index (κ3) is 5.07. The molecule has 1 N–H and O–H groups in total. The number of nitrogens with zero attached hydrogens (tertiary/aromatic N) is 2. The number of hydrogen-bond acceptors (Lipinski definition) is 3. The molecule has 3 aromatic carbocycles. The first kappa shape index (κ1) is 20.6. The third-order valence-corrected chi connectivity index (χ3v) is 5.78. The highest BCUT2D eigenvalue weighted by molar-refractivity contribution is 9.10. The van der Waals surface area contributed by atoms with Crippen LogP contribution < -0.4 is 10.2 Å². The van der Waals surface area contributed by atoms with Gasteiger partial charge in [-0.05, 0) is 48.0 Å². The van der Waals surface area contributed by atoms with E-state index < -0.39 is 11.7 Å². The van der Waals surface area contributed by atoms with E-state index in [1.165, 1.54) is 17.7 Å². The summed E-state index contributed by atoms with van der Waals surface area (Å²) in [4.78, 5) is 17.2. The third-order valence-electron chi connectivity index (χ3n) is 5.29. The minimum atomic E-state index is -0.549. The lowest BCUT2D eigenvalue weighted by Gasteiger charge is -2.36. The van der Waals surface area contributed by atoms with Gasteiger partial charge in [0, 0.05) is 48.6 Å². The summed E-state index contributed by atoms with van der Waals surface area (Å²) in [5, 5.41) is 2.76. The molecular weight excluding hydrogens is 445 g/mol. The summed E-state index contributed by atoms with van der Waals surface area (Å²) < 4.78 is 14.6. The van der Waals surface area contributed by atoms with E-state index in [0.29, 0.717) is 10.2 Å². The van der Waals surface area contributed by atoms with Gasteiger partial charge in [0.2, 0.25) is 0 Å². The zero-order valence-electron chi connectivity index (χ0n) is 16.5. The van der Waals surface area contributed by atoms with Crippen LogP contribution in [0.5, 0.6) is 0 Å². The standard InChI is InChI=1S/C24H23BrFN3O/c25-19-6-11-22(23(26)16-19)24(30)27-20-7-9-21(10-8-20)29-14-12-28(13-15-29)17-18-4-2-1-3-5-18/h1-11,16H,12-15,17H2,(H,27,30). The van der Waals surface area contributed by atoms with Crippen LogP contribution in [0, 0.1) is 5.82 Å². The normalized spacial score (nSPS) is 14.5. The van der Waals surface area contributed by atoms with Crippen molar-refractivity contribution in [2.75, 3.05) is 36.4 Å². The number of benzene rings is 3. The monoisotopic (exact) mass is 467 g/mol. The maximum Gasteiger partial charge on any atom is 0.258 e. The highest BCUT2D eigenvalue weighted by Gasteiger charge is 2.18. The number of nitrogens with one attached hydrogen (secondary N) is 1. The molecule has 1 saturated heterocycles. The second-order valence-corrected chi connectivity index (χ2v) is 8.29. The smallest absolute Gasteiger partial charge is 0.258 e. The lowest BCUT2D eigenvalue weighted by molar-refractivity contribution is 0.102. The summed E-state index contributed by atoms with van der Waals surface area (Å²) >= 11 is 3.20. The Labute approximate surface area is 184 Å². The van der Waals surface area contributed by atoms with Gasteiger partial charge in [-0.2, -0.15) is 0 Å². The Kier molecular flexibility index (Phi) is 6.45. The first-order valence-electron chi connectivity index (χ1n) is 9.96. The van der Waals surface area contributed by atoms with Gasteiger partial charge >= 0.3 is 0 Å². The fourth-order valence-electron chi connectivity index (χ4n) is 3.63. The van der Waals surface area contributed by atoms with E-state index in [2.05, 4.69) is 55.3 Å². The van der Waals surface area contributed by atoms with Gasteiger partial charge in [0.1, 0.15) is 5.82 Å². The van der Waals surface area contributed by atoms with Crippen LogP contribution in [0.2, 0.25) is 0 Å². The van der Waals surface area contributed by atoms with E-state index in [4.69, 9.17) is 0 Å². The van der Waals surface area contributed by atoms with Crippen molar-refractivity contribution in [2.45, 2.75) is 6.54 Å².